The topological polar surface area (TPSA) is 110 Å². The van der Waals surface area contributed by atoms with Crippen molar-refractivity contribution >= 4 is 29.4 Å². The van der Waals surface area contributed by atoms with Gasteiger partial charge in [-0.05, 0) is 45.0 Å². The lowest BCUT2D eigenvalue weighted by molar-refractivity contribution is -0.120. The number of hydrogen-bond donors (Lipinski definition) is 2. The van der Waals surface area contributed by atoms with Crippen molar-refractivity contribution in [1.29, 1.82) is 0 Å². The predicted octanol–water partition coefficient (Wildman–Crippen LogP) is 3.30. The Kier molecular flexibility index (Phi) is 7.09. The molecule has 0 bridgehead atoms. The number of amides is 3. The molecule has 0 saturated carbocycles. The number of aromatic nitrogens is 1. The summed E-state index contributed by atoms with van der Waals surface area (Å²) in [5, 5.41) is 5.47. The standard InChI is InChI=1S/C23H28N4O5/c1-23(2,3)32-22(30)27-14-17(31-4)12-18(27)21(29)25-16-10-11-19(24-13-16)26-20(28)15-8-6-5-7-9-15/h5-11,13,17-18H,12,14H2,1-4H3,(H,25,29)(H,24,26,28)/t17-,18+/m0/s1. The van der Waals surface area contributed by atoms with Crippen LogP contribution in [0.3, 0.4) is 0 Å². The fourth-order valence-electron chi connectivity index (χ4n) is 3.28. The second-order valence-corrected chi connectivity index (χ2v) is 8.48. The summed E-state index contributed by atoms with van der Waals surface area (Å²) >= 11 is 0. The lowest BCUT2D eigenvalue weighted by Crippen LogP contribution is -2.45. The number of methoxy groups -OCH3 is 1. The molecule has 0 spiro atoms. The van der Waals surface area contributed by atoms with Crippen LogP contribution in [0.1, 0.15) is 37.6 Å². The van der Waals surface area contributed by atoms with E-state index in [-0.39, 0.29) is 24.5 Å². The molecule has 3 rings (SSSR count). The highest BCUT2D eigenvalue weighted by molar-refractivity contribution is 6.03. The zero-order valence-corrected chi connectivity index (χ0v) is 18.6. The summed E-state index contributed by atoms with van der Waals surface area (Å²) in [6, 6.07) is 11.3. The lowest BCUT2D eigenvalue weighted by atomic mass is 10.2. The molecule has 0 unspecified atom stereocenters. The molecule has 170 valence electrons. The normalized spacial score (nSPS) is 18.2. The number of carbonyl (C=O) groups is 3. The summed E-state index contributed by atoms with van der Waals surface area (Å²) in [7, 11) is 1.55. The van der Waals surface area contributed by atoms with Crippen molar-refractivity contribution in [2.75, 3.05) is 24.3 Å². The molecule has 1 fully saturated rings. The Morgan fingerprint density at radius 1 is 1.06 bits per heavy atom. The SMILES string of the molecule is CO[C@H]1C[C@H](C(=O)Nc2ccc(NC(=O)c3ccccc3)nc2)N(C(=O)OC(C)(C)C)C1. The molecule has 9 nitrogen and oxygen atoms in total. The number of ether oxygens (including phenoxy) is 2. The minimum Gasteiger partial charge on any atom is -0.444 e. The number of carbonyl (C=O) groups excluding carboxylic acids is 3. The third kappa shape index (κ3) is 6.04. The zero-order valence-electron chi connectivity index (χ0n) is 18.6. The Morgan fingerprint density at radius 3 is 2.38 bits per heavy atom. The fraction of sp³-hybridized carbons (Fsp3) is 0.391. The van der Waals surface area contributed by atoms with Gasteiger partial charge in [0.1, 0.15) is 17.5 Å². The molecule has 1 aliphatic rings. The first-order valence-electron chi connectivity index (χ1n) is 10.3. The first-order valence-corrected chi connectivity index (χ1v) is 10.3. The van der Waals surface area contributed by atoms with Gasteiger partial charge in [-0.15, -0.1) is 0 Å². The van der Waals surface area contributed by atoms with Gasteiger partial charge in [0.15, 0.2) is 0 Å². The van der Waals surface area contributed by atoms with Gasteiger partial charge in [-0.2, -0.15) is 0 Å². The Hall–Kier alpha value is -3.46. The fourth-order valence-corrected chi connectivity index (χ4v) is 3.28. The van der Waals surface area contributed by atoms with Gasteiger partial charge >= 0.3 is 6.09 Å². The molecule has 2 heterocycles. The molecule has 0 aliphatic carbocycles. The number of anilines is 2. The van der Waals surface area contributed by atoms with Crippen molar-refractivity contribution in [1.82, 2.24) is 9.88 Å². The summed E-state index contributed by atoms with van der Waals surface area (Å²) in [6.07, 6.45) is 0.987. The van der Waals surface area contributed by atoms with Crippen LogP contribution in [-0.2, 0) is 14.3 Å². The zero-order chi connectivity index (χ0) is 23.3. The molecule has 1 aliphatic heterocycles. The van der Waals surface area contributed by atoms with Gasteiger partial charge in [-0.3, -0.25) is 14.5 Å². The van der Waals surface area contributed by atoms with Crippen LogP contribution < -0.4 is 10.6 Å². The van der Waals surface area contributed by atoms with E-state index >= 15 is 0 Å². The predicted molar refractivity (Wildman–Crippen MR) is 119 cm³/mol. The summed E-state index contributed by atoms with van der Waals surface area (Å²) in [5.74, 6) is -0.287. The van der Waals surface area contributed by atoms with E-state index in [4.69, 9.17) is 9.47 Å². The summed E-state index contributed by atoms with van der Waals surface area (Å²) in [5.41, 5.74) is 0.285. The molecule has 2 N–H and O–H groups in total. The van der Waals surface area contributed by atoms with E-state index < -0.39 is 17.7 Å². The highest BCUT2D eigenvalue weighted by atomic mass is 16.6. The van der Waals surface area contributed by atoms with Crippen LogP contribution in [0.2, 0.25) is 0 Å². The van der Waals surface area contributed by atoms with Crippen molar-refractivity contribution in [2.24, 2.45) is 0 Å². The smallest absolute Gasteiger partial charge is 0.411 e. The highest BCUT2D eigenvalue weighted by Gasteiger charge is 2.41. The Bertz CT molecular complexity index is 957. The van der Waals surface area contributed by atoms with Crippen LogP contribution in [0.25, 0.3) is 0 Å². The molecule has 2 atom stereocenters. The minimum absolute atomic E-state index is 0.257. The van der Waals surface area contributed by atoms with E-state index in [1.807, 2.05) is 6.07 Å². The van der Waals surface area contributed by atoms with Crippen LogP contribution in [0.15, 0.2) is 48.7 Å². The van der Waals surface area contributed by atoms with Gasteiger partial charge < -0.3 is 20.1 Å². The average molecular weight is 441 g/mol. The van der Waals surface area contributed by atoms with Crippen molar-refractivity contribution in [3.63, 3.8) is 0 Å². The van der Waals surface area contributed by atoms with Crippen molar-refractivity contribution < 1.29 is 23.9 Å². The summed E-state index contributed by atoms with van der Waals surface area (Å²) in [6.45, 7) is 5.58. The maximum atomic E-state index is 12.9. The van der Waals surface area contributed by atoms with Crippen LogP contribution >= 0.6 is 0 Å². The maximum absolute atomic E-state index is 12.9. The number of hydrogen-bond acceptors (Lipinski definition) is 6. The third-order valence-corrected chi connectivity index (χ3v) is 4.84. The van der Waals surface area contributed by atoms with E-state index in [1.54, 1.807) is 64.3 Å². The molecule has 1 aromatic heterocycles. The quantitative estimate of drug-likeness (QED) is 0.738. The van der Waals surface area contributed by atoms with E-state index in [9.17, 15) is 14.4 Å². The Morgan fingerprint density at radius 2 is 1.78 bits per heavy atom. The minimum atomic E-state index is -0.729. The van der Waals surface area contributed by atoms with Crippen LogP contribution in [0.4, 0.5) is 16.3 Å². The average Bonchev–Trinajstić information content (AvgIpc) is 3.19. The largest absolute Gasteiger partial charge is 0.444 e. The van der Waals surface area contributed by atoms with Gasteiger partial charge in [0.2, 0.25) is 5.91 Å². The molecule has 3 amide bonds. The summed E-state index contributed by atoms with van der Waals surface area (Å²) in [4.78, 5) is 43.3. The summed E-state index contributed by atoms with van der Waals surface area (Å²) < 4.78 is 10.8. The molecule has 9 heteroatoms. The van der Waals surface area contributed by atoms with Crippen molar-refractivity contribution in [3.05, 3.63) is 54.2 Å². The highest BCUT2D eigenvalue weighted by Crippen LogP contribution is 2.24. The first kappa shape index (κ1) is 23.2. The van der Waals surface area contributed by atoms with Crippen LogP contribution in [-0.4, -0.2) is 59.2 Å². The van der Waals surface area contributed by atoms with E-state index in [1.165, 1.54) is 11.1 Å². The molecular weight excluding hydrogens is 412 g/mol. The molecule has 2 aromatic rings. The number of benzene rings is 1. The lowest BCUT2D eigenvalue weighted by Gasteiger charge is -2.27. The van der Waals surface area contributed by atoms with Gasteiger partial charge in [0, 0.05) is 19.1 Å². The Labute approximate surface area is 187 Å². The van der Waals surface area contributed by atoms with E-state index in [0.29, 0.717) is 23.5 Å². The number of rotatable bonds is 5. The van der Waals surface area contributed by atoms with Gasteiger partial charge in [0.25, 0.3) is 5.91 Å². The maximum Gasteiger partial charge on any atom is 0.411 e. The van der Waals surface area contributed by atoms with Crippen LogP contribution in [0, 0.1) is 0 Å². The number of nitrogens with one attached hydrogen (secondary N) is 2. The molecule has 32 heavy (non-hydrogen) atoms. The van der Waals surface area contributed by atoms with Gasteiger partial charge in [-0.25, -0.2) is 9.78 Å². The van der Waals surface area contributed by atoms with Gasteiger partial charge in [0.05, 0.1) is 24.5 Å². The molecule has 1 aromatic carbocycles. The Balaban J connectivity index is 1.63. The molecule has 1 saturated heterocycles. The second-order valence-electron chi connectivity index (χ2n) is 8.48. The second kappa shape index (κ2) is 9.78. The van der Waals surface area contributed by atoms with Crippen molar-refractivity contribution in [2.45, 2.75) is 44.9 Å². The van der Waals surface area contributed by atoms with E-state index in [0.717, 1.165) is 0 Å². The number of nitrogens with zero attached hydrogens (tertiary/aromatic N) is 2. The molecule has 0 radical (unpaired) electrons. The first-order chi connectivity index (χ1) is 15.2. The number of likely N-dealkylation sites (tertiary alicyclic amines) is 1. The number of pyridine rings is 1. The third-order valence-electron chi connectivity index (χ3n) is 4.84. The van der Waals surface area contributed by atoms with Gasteiger partial charge in [-0.1, -0.05) is 18.2 Å². The van der Waals surface area contributed by atoms with E-state index in [2.05, 4.69) is 15.6 Å². The van der Waals surface area contributed by atoms with Crippen molar-refractivity contribution in [3.8, 4) is 0 Å². The monoisotopic (exact) mass is 440 g/mol. The molecular formula is C23H28N4O5. The van der Waals surface area contributed by atoms with Crippen LogP contribution in [0.5, 0.6) is 0 Å².